The Labute approximate surface area is 118 Å². The highest BCUT2D eigenvalue weighted by atomic mass is 79.9. The molecule has 0 saturated heterocycles. The Kier molecular flexibility index (Phi) is 5.94. The van der Waals surface area contributed by atoms with Gasteiger partial charge < -0.3 is 20.6 Å². The van der Waals surface area contributed by atoms with Crippen LogP contribution in [0.15, 0.2) is 24.3 Å². The van der Waals surface area contributed by atoms with Crippen LogP contribution >= 0.6 is 15.9 Å². The molecule has 19 heavy (non-hydrogen) atoms. The molecule has 0 aliphatic rings. The first-order valence-electron chi connectivity index (χ1n) is 5.48. The number of nitrogens with one attached hydrogen (secondary N) is 1. The van der Waals surface area contributed by atoms with Gasteiger partial charge >= 0.3 is 5.97 Å². The van der Waals surface area contributed by atoms with E-state index >= 15 is 0 Å². The Morgan fingerprint density at radius 1 is 1.26 bits per heavy atom. The molecule has 104 valence electrons. The summed E-state index contributed by atoms with van der Waals surface area (Å²) in [6.07, 6.45) is -2.29. The van der Waals surface area contributed by atoms with Crippen LogP contribution in [0.4, 0.5) is 0 Å². The average molecular weight is 332 g/mol. The Hall–Kier alpha value is -1.44. The van der Waals surface area contributed by atoms with Gasteiger partial charge in [-0.05, 0) is 11.6 Å². The number of carboxylic acid groups (broad SMARTS) is 1. The summed E-state index contributed by atoms with van der Waals surface area (Å²) in [5.74, 6) is -1.77. The van der Waals surface area contributed by atoms with Crippen LogP contribution in [0.25, 0.3) is 0 Å². The summed E-state index contributed by atoms with van der Waals surface area (Å²) in [7, 11) is 0. The van der Waals surface area contributed by atoms with Gasteiger partial charge in [0.25, 0.3) is 5.91 Å². The fourth-order valence-corrected chi connectivity index (χ4v) is 1.86. The van der Waals surface area contributed by atoms with Crippen LogP contribution in [0.1, 0.15) is 22.0 Å². The zero-order chi connectivity index (χ0) is 14.4. The van der Waals surface area contributed by atoms with Crippen molar-refractivity contribution >= 4 is 27.8 Å². The lowest BCUT2D eigenvalue weighted by atomic mass is 9.99. The van der Waals surface area contributed by atoms with Crippen molar-refractivity contribution in [2.24, 2.45) is 0 Å². The summed E-state index contributed by atoms with van der Waals surface area (Å²) in [5.41, 5.74) is 0.383. The Morgan fingerprint density at radius 3 is 2.47 bits per heavy atom. The summed E-state index contributed by atoms with van der Waals surface area (Å²) < 4.78 is 0. The van der Waals surface area contributed by atoms with Crippen molar-refractivity contribution in [2.45, 2.75) is 12.2 Å². The molecule has 0 heterocycles. The fraction of sp³-hybridized carbons (Fsp3) is 0.333. The summed E-state index contributed by atoms with van der Waals surface area (Å²) in [6.45, 7) is -0.510. The van der Waals surface area contributed by atoms with Gasteiger partial charge in [0.2, 0.25) is 0 Å². The summed E-state index contributed by atoms with van der Waals surface area (Å²) in [4.78, 5) is 22.2. The Balaban J connectivity index is 2.95. The number of aliphatic carboxylic acids is 1. The minimum Gasteiger partial charge on any atom is -0.480 e. The van der Waals surface area contributed by atoms with Gasteiger partial charge in [-0.3, -0.25) is 9.59 Å². The zero-order valence-electron chi connectivity index (χ0n) is 9.91. The summed E-state index contributed by atoms with van der Waals surface area (Å²) >= 11 is 3.04. The molecule has 7 heteroatoms. The molecule has 1 aromatic carbocycles. The topological polar surface area (TPSA) is 107 Å². The van der Waals surface area contributed by atoms with E-state index in [0.29, 0.717) is 0 Å². The van der Waals surface area contributed by atoms with E-state index in [9.17, 15) is 19.8 Å². The number of carbonyl (C=O) groups excluding carboxylic acids is 1. The first-order valence-corrected chi connectivity index (χ1v) is 6.60. The number of aliphatic hydroxyl groups is 2. The Morgan fingerprint density at radius 2 is 1.89 bits per heavy atom. The molecule has 1 amide bonds. The molecule has 2 atom stereocenters. The van der Waals surface area contributed by atoms with Crippen LogP contribution in [0.5, 0.6) is 0 Å². The number of benzene rings is 1. The molecule has 2 unspecified atom stereocenters. The van der Waals surface area contributed by atoms with Crippen molar-refractivity contribution < 1.29 is 24.9 Å². The third-order valence-corrected chi connectivity index (χ3v) is 3.11. The predicted octanol–water partition coefficient (Wildman–Crippen LogP) is 0.290. The van der Waals surface area contributed by atoms with Crippen LogP contribution < -0.4 is 5.32 Å². The highest BCUT2D eigenvalue weighted by molar-refractivity contribution is 9.09. The molecule has 0 bridgehead atoms. The molecule has 1 aromatic rings. The first-order chi connectivity index (χ1) is 8.97. The van der Waals surface area contributed by atoms with E-state index in [1.807, 2.05) is 0 Å². The minimum absolute atomic E-state index is 0.135. The molecule has 0 radical (unpaired) electrons. The molecule has 0 aliphatic heterocycles. The first kappa shape index (κ1) is 15.6. The number of hydrogen-bond acceptors (Lipinski definition) is 4. The number of alkyl halides is 1. The number of rotatable bonds is 6. The van der Waals surface area contributed by atoms with E-state index in [1.165, 1.54) is 12.1 Å². The standard InChI is InChI=1S/C12H14BrNO5/c13-5-9(15)11(18)7-3-1-2-4-8(7)12(19)14-6-10(16)17/h1-4,9,11,15,18H,5-6H2,(H,14,19)(H,16,17). The second kappa shape index (κ2) is 7.22. The molecule has 0 aromatic heterocycles. The molecule has 6 nitrogen and oxygen atoms in total. The highest BCUT2D eigenvalue weighted by Crippen LogP contribution is 2.22. The van der Waals surface area contributed by atoms with Gasteiger partial charge in [0.15, 0.2) is 0 Å². The third kappa shape index (κ3) is 4.30. The smallest absolute Gasteiger partial charge is 0.322 e. The fourth-order valence-electron chi connectivity index (χ4n) is 1.50. The van der Waals surface area contributed by atoms with Gasteiger partial charge in [-0.1, -0.05) is 34.1 Å². The summed E-state index contributed by atoms with van der Waals surface area (Å²) in [5, 5.41) is 30.4. The monoisotopic (exact) mass is 331 g/mol. The predicted molar refractivity (Wildman–Crippen MR) is 71.2 cm³/mol. The lowest BCUT2D eigenvalue weighted by molar-refractivity contribution is -0.135. The maximum atomic E-state index is 11.8. The molecule has 4 N–H and O–H groups in total. The van der Waals surface area contributed by atoms with E-state index < -0.39 is 30.6 Å². The van der Waals surface area contributed by atoms with Gasteiger partial charge in [-0.15, -0.1) is 0 Å². The second-order valence-electron chi connectivity index (χ2n) is 3.83. The van der Waals surface area contributed by atoms with E-state index in [2.05, 4.69) is 21.2 Å². The lowest BCUT2D eigenvalue weighted by Crippen LogP contribution is -2.31. The average Bonchev–Trinajstić information content (AvgIpc) is 2.42. The van der Waals surface area contributed by atoms with Crippen molar-refractivity contribution in [3.05, 3.63) is 35.4 Å². The Bertz CT molecular complexity index is 465. The number of hydrogen-bond donors (Lipinski definition) is 4. The van der Waals surface area contributed by atoms with Crippen LogP contribution in [0, 0.1) is 0 Å². The van der Waals surface area contributed by atoms with Crippen molar-refractivity contribution in [3.63, 3.8) is 0 Å². The molecular formula is C12H14BrNO5. The highest BCUT2D eigenvalue weighted by Gasteiger charge is 2.22. The van der Waals surface area contributed by atoms with E-state index in [1.54, 1.807) is 12.1 Å². The van der Waals surface area contributed by atoms with Crippen molar-refractivity contribution in [1.29, 1.82) is 0 Å². The quantitative estimate of drug-likeness (QED) is 0.560. The van der Waals surface area contributed by atoms with Gasteiger partial charge in [0.05, 0.1) is 6.10 Å². The number of aliphatic hydroxyl groups excluding tert-OH is 2. The van der Waals surface area contributed by atoms with E-state index in [0.717, 1.165) is 0 Å². The van der Waals surface area contributed by atoms with E-state index in [4.69, 9.17) is 5.11 Å². The number of carboxylic acids is 1. The minimum atomic E-state index is -1.23. The van der Waals surface area contributed by atoms with Crippen molar-refractivity contribution in [1.82, 2.24) is 5.32 Å². The van der Waals surface area contributed by atoms with Crippen LogP contribution in [0.2, 0.25) is 0 Å². The van der Waals surface area contributed by atoms with Gasteiger partial charge in [0.1, 0.15) is 12.6 Å². The third-order valence-electron chi connectivity index (χ3n) is 2.45. The molecule has 1 rings (SSSR count). The normalized spacial score (nSPS) is 13.6. The van der Waals surface area contributed by atoms with Crippen molar-refractivity contribution in [2.75, 3.05) is 11.9 Å². The number of halogens is 1. The molecular weight excluding hydrogens is 318 g/mol. The van der Waals surface area contributed by atoms with Gasteiger partial charge in [-0.2, -0.15) is 0 Å². The summed E-state index contributed by atoms with van der Waals surface area (Å²) in [6, 6.07) is 6.17. The number of amides is 1. The SMILES string of the molecule is O=C(O)CNC(=O)c1ccccc1C(O)C(O)CBr. The number of carbonyl (C=O) groups is 2. The van der Waals surface area contributed by atoms with Crippen LogP contribution in [-0.4, -0.2) is 45.2 Å². The maximum absolute atomic E-state index is 11.8. The largest absolute Gasteiger partial charge is 0.480 e. The van der Waals surface area contributed by atoms with Gasteiger partial charge in [-0.25, -0.2) is 0 Å². The van der Waals surface area contributed by atoms with Gasteiger partial charge in [0, 0.05) is 10.9 Å². The molecule has 0 aliphatic carbocycles. The lowest BCUT2D eigenvalue weighted by Gasteiger charge is -2.18. The van der Waals surface area contributed by atoms with Crippen LogP contribution in [0.3, 0.4) is 0 Å². The second-order valence-corrected chi connectivity index (χ2v) is 4.48. The maximum Gasteiger partial charge on any atom is 0.322 e. The van der Waals surface area contributed by atoms with E-state index in [-0.39, 0.29) is 16.5 Å². The van der Waals surface area contributed by atoms with Crippen molar-refractivity contribution in [3.8, 4) is 0 Å². The molecule has 0 spiro atoms. The molecule has 0 saturated carbocycles. The molecule has 0 fully saturated rings. The zero-order valence-corrected chi connectivity index (χ0v) is 11.5. The van der Waals surface area contributed by atoms with Crippen LogP contribution in [-0.2, 0) is 4.79 Å².